The Kier molecular flexibility index (Phi) is 5.20. The average molecular weight is 327 g/mol. The number of aromatic amines is 1. The van der Waals surface area contributed by atoms with E-state index in [2.05, 4.69) is 46.0 Å². The molecule has 128 valence electrons. The second kappa shape index (κ2) is 7.53. The van der Waals surface area contributed by atoms with Crippen molar-refractivity contribution in [1.29, 1.82) is 0 Å². The lowest BCUT2D eigenvalue weighted by Gasteiger charge is -2.36. The van der Waals surface area contributed by atoms with Crippen LogP contribution in [0.3, 0.4) is 0 Å². The van der Waals surface area contributed by atoms with E-state index in [4.69, 9.17) is 4.74 Å². The van der Waals surface area contributed by atoms with Crippen molar-refractivity contribution in [2.75, 3.05) is 38.2 Å². The number of ether oxygens (including phenoxy) is 1. The maximum atomic E-state index is 11.8. The van der Waals surface area contributed by atoms with E-state index in [9.17, 15) is 4.79 Å². The third-order valence-electron chi connectivity index (χ3n) is 4.63. The molecule has 2 aromatic rings. The predicted octanol–water partition coefficient (Wildman–Crippen LogP) is 2.27. The lowest BCUT2D eigenvalue weighted by molar-refractivity contribution is 0.247. The summed E-state index contributed by atoms with van der Waals surface area (Å²) >= 11 is 0. The van der Waals surface area contributed by atoms with Gasteiger partial charge in [-0.3, -0.25) is 9.69 Å². The van der Waals surface area contributed by atoms with Gasteiger partial charge in [-0.25, -0.2) is 0 Å². The fourth-order valence-electron chi connectivity index (χ4n) is 3.10. The Hall–Kier alpha value is -2.27. The maximum absolute atomic E-state index is 11.8. The summed E-state index contributed by atoms with van der Waals surface area (Å²) in [6.45, 7) is 6.93. The molecule has 0 saturated carbocycles. The number of rotatable bonds is 5. The molecule has 1 saturated heterocycles. The van der Waals surface area contributed by atoms with Crippen molar-refractivity contribution < 1.29 is 4.74 Å². The van der Waals surface area contributed by atoms with Crippen molar-refractivity contribution in [3.63, 3.8) is 0 Å². The molecule has 1 N–H and O–H groups in total. The van der Waals surface area contributed by atoms with Gasteiger partial charge in [0.15, 0.2) is 5.75 Å². The lowest BCUT2D eigenvalue weighted by Crippen LogP contribution is -2.46. The number of nitrogens with one attached hydrogen (secondary N) is 1. The zero-order chi connectivity index (χ0) is 16.9. The highest BCUT2D eigenvalue weighted by molar-refractivity contribution is 5.48. The Morgan fingerprint density at radius 3 is 2.42 bits per heavy atom. The number of H-pyrrole nitrogens is 1. The van der Waals surface area contributed by atoms with E-state index in [0.717, 1.165) is 44.8 Å². The molecule has 0 atom stereocenters. The Labute approximate surface area is 142 Å². The summed E-state index contributed by atoms with van der Waals surface area (Å²) in [6, 6.07) is 10.5. The third kappa shape index (κ3) is 3.79. The van der Waals surface area contributed by atoms with Crippen molar-refractivity contribution in [3.05, 3.63) is 58.0 Å². The van der Waals surface area contributed by atoms with Gasteiger partial charge >= 0.3 is 0 Å². The largest absolute Gasteiger partial charge is 0.491 e. The van der Waals surface area contributed by atoms with Crippen LogP contribution in [0.15, 0.2) is 41.3 Å². The van der Waals surface area contributed by atoms with Crippen LogP contribution in [0.5, 0.6) is 5.75 Å². The molecule has 1 aromatic heterocycles. The topological polar surface area (TPSA) is 48.6 Å². The zero-order valence-electron chi connectivity index (χ0n) is 14.4. The van der Waals surface area contributed by atoms with Crippen LogP contribution >= 0.6 is 0 Å². The van der Waals surface area contributed by atoms with Crippen LogP contribution in [0, 0.1) is 0 Å². The molecule has 5 nitrogen and oxygen atoms in total. The Bertz CT molecular complexity index is 716. The van der Waals surface area contributed by atoms with Crippen LogP contribution in [0.2, 0.25) is 0 Å². The molecule has 3 rings (SSSR count). The quantitative estimate of drug-likeness (QED) is 0.915. The minimum Gasteiger partial charge on any atom is -0.491 e. The number of nitrogens with zero attached hydrogens (tertiary/aromatic N) is 2. The van der Waals surface area contributed by atoms with Crippen molar-refractivity contribution in [2.45, 2.75) is 19.9 Å². The van der Waals surface area contributed by atoms with E-state index in [1.165, 1.54) is 18.4 Å². The summed E-state index contributed by atoms with van der Waals surface area (Å²) < 4.78 is 5.01. The number of methoxy groups -OCH3 is 1. The van der Waals surface area contributed by atoms with Gasteiger partial charge in [-0.1, -0.05) is 19.1 Å². The first-order valence-electron chi connectivity index (χ1n) is 8.51. The van der Waals surface area contributed by atoms with Crippen LogP contribution in [0.4, 0.5) is 5.69 Å². The highest BCUT2D eigenvalue weighted by Crippen LogP contribution is 2.18. The molecule has 1 aromatic carbocycles. The SMILES string of the molecule is CCc1ccc(N2CCN(Cc3cc(=O)c(OC)c[nH]3)CC2)cc1. The smallest absolute Gasteiger partial charge is 0.223 e. The normalized spacial score (nSPS) is 15.5. The molecule has 0 bridgehead atoms. The third-order valence-corrected chi connectivity index (χ3v) is 4.63. The number of benzene rings is 1. The summed E-state index contributed by atoms with van der Waals surface area (Å²) in [5.74, 6) is 0.360. The van der Waals surface area contributed by atoms with E-state index in [0.29, 0.717) is 5.75 Å². The second-order valence-electron chi connectivity index (χ2n) is 6.17. The number of piperazine rings is 1. The molecule has 0 amide bonds. The van der Waals surface area contributed by atoms with Gasteiger partial charge in [0.1, 0.15) is 0 Å². The van der Waals surface area contributed by atoms with Crippen LogP contribution in [-0.4, -0.2) is 43.2 Å². The number of aryl methyl sites for hydroxylation is 1. The fraction of sp³-hybridized carbons (Fsp3) is 0.421. The highest BCUT2D eigenvalue weighted by Gasteiger charge is 2.17. The number of anilines is 1. The first-order valence-corrected chi connectivity index (χ1v) is 8.51. The first kappa shape index (κ1) is 16.6. The van der Waals surface area contributed by atoms with Gasteiger partial charge in [0, 0.05) is 56.4 Å². The van der Waals surface area contributed by atoms with E-state index < -0.39 is 0 Å². The predicted molar refractivity (Wildman–Crippen MR) is 96.9 cm³/mol. The van der Waals surface area contributed by atoms with E-state index in [-0.39, 0.29) is 5.43 Å². The van der Waals surface area contributed by atoms with Gasteiger partial charge in [-0.15, -0.1) is 0 Å². The van der Waals surface area contributed by atoms with E-state index >= 15 is 0 Å². The van der Waals surface area contributed by atoms with Crippen LogP contribution in [0.25, 0.3) is 0 Å². The van der Waals surface area contributed by atoms with E-state index in [1.54, 1.807) is 12.3 Å². The summed E-state index contributed by atoms with van der Waals surface area (Å²) in [7, 11) is 1.51. The summed E-state index contributed by atoms with van der Waals surface area (Å²) in [4.78, 5) is 19.8. The fourth-order valence-corrected chi connectivity index (χ4v) is 3.10. The van der Waals surface area contributed by atoms with Gasteiger partial charge in [-0.05, 0) is 24.1 Å². The minimum absolute atomic E-state index is 0.0686. The number of pyridine rings is 1. The zero-order valence-corrected chi connectivity index (χ0v) is 14.4. The molecule has 0 spiro atoms. The monoisotopic (exact) mass is 327 g/mol. The standard InChI is InChI=1S/C19H25N3O2/c1-3-15-4-6-17(7-5-15)22-10-8-21(9-11-22)14-16-12-18(23)19(24-2)13-20-16/h4-7,12-13H,3,8-11,14H2,1-2H3,(H,20,23). The van der Waals surface area contributed by atoms with Gasteiger partial charge in [-0.2, -0.15) is 0 Å². The molecular formula is C19H25N3O2. The van der Waals surface area contributed by atoms with Crippen LogP contribution < -0.4 is 15.1 Å². The molecule has 5 heteroatoms. The van der Waals surface area contributed by atoms with Crippen molar-refractivity contribution in [2.24, 2.45) is 0 Å². The van der Waals surface area contributed by atoms with Gasteiger partial charge in [0.05, 0.1) is 7.11 Å². The summed E-state index contributed by atoms with van der Waals surface area (Å²) in [5.41, 5.74) is 3.54. The molecule has 2 heterocycles. The highest BCUT2D eigenvalue weighted by atomic mass is 16.5. The van der Waals surface area contributed by atoms with Crippen LogP contribution in [0.1, 0.15) is 18.2 Å². The first-order chi connectivity index (χ1) is 11.7. The Morgan fingerprint density at radius 1 is 1.12 bits per heavy atom. The van der Waals surface area contributed by atoms with Crippen molar-refractivity contribution >= 4 is 5.69 Å². The molecule has 0 radical (unpaired) electrons. The molecule has 0 aliphatic carbocycles. The molecule has 1 fully saturated rings. The Balaban J connectivity index is 1.56. The minimum atomic E-state index is -0.0686. The lowest BCUT2D eigenvalue weighted by atomic mass is 10.1. The molecule has 1 aliphatic heterocycles. The van der Waals surface area contributed by atoms with Gasteiger partial charge in [0.2, 0.25) is 5.43 Å². The van der Waals surface area contributed by atoms with Gasteiger partial charge in [0.25, 0.3) is 0 Å². The number of hydrogen-bond acceptors (Lipinski definition) is 4. The van der Waals surface area contributed by atoms with Crippen LogP contribution in [-0.2, 0) is 13.0 Å². The second-order valence-corrected chi connectivity index (χ2v) is 6.17. The summed E-state index contributed by atoms with van der Waals surface area (Å²) in [5, 5.41) is 0. The summed E-state index contributed by atoms with van der Waals surface area (Å²) in [6.07, 6.45) is 2.72. The van der Waals surface area contributed by atoms with E-state index in [1.807, 2.05) is 0 Å². The molecule has 24 heavy (non-hydrogen) atoms. The number of hydrogen-bond donors (Lipinski definition) is 1. The maximum Gasteiger partial charge on any atom is 0.223 e. The molecule has 1 aliphatic rings. The molecular weight excluding hydrogens is 302 g/mol. The van der Waals surface area contributed by atoms with Crippen molar-refractivity contribution in [1.82, 2.24) is 9.88 Å². The van der Waals surface area contributed by atoms with Crippen molar-refractivity contribution in [3.8, 4) is 5.75 Å². The van der Waals surface area contributed by atoms with Gasteiger partial charge < -0.3 is 14.6 Å². The average Bonchev–Trinajstić information content (AvgIpc) is 2.63. The molecule has 0 unspecified atom stereocenters. The Morgan fingerprint density at radius 2 is 1.83 bits per heavy atom. The number of aromatic nitrogens is 1.